The van der Waals surface area contributed by atoms with Crippen molar-refractivity contribution >= 4 is 23.1 Å². The van der Waals surface area contributed by atoms with Crippen LogP contribution < -0.4 is 0 Å². The van der Waals surface area contributed by atoms with Crippen molar-refractivity contribution in [2.24, 2.45) is 10.8 Å². The van der Waals surface area contributed by atoms with Crippen LogP contribution in [-0.4, -0.2) is 23.1 Å². The highest BCUT2D eigenvalue weighted by molar-refractivity contribution is 6.20. The van der Waals surface area contributed by atoms with E-state index in [1.807, 2.05) is 39.8 Å². The molecule has 0 N–H and O–H groups in total. The summed E-state index contributed by atoms with van der Waals surface area (Å²) in [6, 6.07) is 0. The normalized spacial score (nSPS) is 26.5. The van der Waals surface area contributed by atoms with Gasteiger partial charge in [0.1, 0.15) is 11.6 Å². The highest BCUT2D eigenvalue weighted by atomic mass is 16.1. The summed E-state index contributed by atoms with van der Waals surface area (Å²) < 4.78 is 0. The number of rotatable bonds is 9. The fraction of sp³-hybridized carbons (Fsp3) is 0.556. The van der Waals surface area contributed by atoms with Gasteiger partial charge in [-0.15, -0.1) is 0 Å². The van der Waals surface area contributed by atoms with Crippen molar-refractivity contribution in [1.29, 1.82) is 0 Å². The Morgan fingerprint density at radius 3 is 2.35 bits per heavy atom. The minimum Gasteiger partial charge on any atom is -0.299 e. The molecule has 0 aliphatic heterocycles. The lowest BCUT2D eigenvalue weighted by Crippen LogP contribution is -2.41. The molecule has 2 unspecified atom stereocenters. The van der Waals surface area contributed by atoms with E-state index in [0.717, 1.165) is 30.4 Å². The van der Waals surface area contributed by atoms with Gasteiger partial charge in [-0.1, -0.05) is 43.6 Å². The van der Waals surface area contributed by atoms with Crippen molar-refractivity contribution < 1.29 is 19.2 Å². The molecule has 0 aromatic rings. The third kappa shape index (κ3) is 5.87. The standard InChI is InChI=1S/C27H36O4/c1-18(2)8-11-24(30)27(6)13-7-12-26(27,5)17-23(29)14-19(3)9-10-21-16-22(28)15-20(4)25(21)31/h8-9,15-16H,7,10-14,17H2,1-6H3. The lowest BCUT2D eigenvalue weighted by molar-refractivity contribution is -0.134. The monoisotopic (exact) mass is 424 g/mol. The number of ketones is 4. The van der Waals surface area contributed by atoms with Crippen molar-refractivity contribution in [3.8, 4) is 0 Å². The van der Waals surface area contributed by atoms with Crippen LogP contribution in [0.1, 0.15) is 86.5 Å². The van der Waals surface area contributed by atoms with Crippen LogP contribution in [0.4, 0.5) is 0 Å². The number of carbonyl (C=O) groups excluding carboxylic acids is 4. The first-order chi connectivity index (χ1) is 14.4. The first kappa shape index (κ1) is 24.9. The lowest BCUT2D eigenvalue weighted by Gasteiger charge is -2.39. The van der Waals surface area contributed by atoms with Gasteiger partial charge in [-0.2, -0.15) is 0 Å². The predicted octanol–water partition coefficient (Wildman–Crippen LogP) is 5.82. The van der Waals surface area contributed by atoms with Crippen LogP contribution in [-0.2, 0) is 19.2 Å². The second kappa shape index (κ2) is 9.84. The zero-order valence-electron chi connectivity index (χ0n) is 19.9. The molecule has 1 saturated carbocycles. The van der Waals surface area contributed by atoms with Crippen LogP contribution in [0.3, 0.4) is 0 Å². The maximum atomic E-state index is 13.0. The molecule has 0 heterocycles. The maximum absolute atomic E-state index is 13.0. The van der Waals surface area contributed by atoms with E-state index in [0.29, 0.717) is 36.8 Å². The van der Waals surface area contributed by atoms with E-state index in [-0.39, 0.29) is 28.5 Å². The maximum Gasteiger partial charge on any atom is 0.185 e. The molecule has 2 atom stereocenters. The fourth-order valence-corrected chi connectivity index (χ4v) is 4.82. The minimum atomic E-state index is -0.476. The Kier molecular flexibility index (Phi) is 7.91. The lowest BCUT2D eigenvalue weighted by atomic mass is 9.62. The smallest absolute Gasteiger partial charge is 0.185 e. The second-order valence-corrected chi connectivity index (χ2v) is 10.0. The number of hydrogen-bond acceptors (Lipinski definition) is 4. The van der Waals surface area contributed by atoms with Crippen molar-refractivity contribution in [3.05, 3.63) is 46.6 Å². The van der Waals surface area contributed by atoms with Crippen LogP contribution in [0.25, 0.3) is 0 Å². The van der Waals surface area contributed by atoms with Crippen LogP contribution in [0.2, 0.25) is 0 Å². The molecule has 0 aromatic heterocycles. The third-order valence-electron chi connectivity index (χ3n) is 7.11. The van der Waals surface area contributed by atoms with Gasteiger partial charge >= 0.3 is 0 Å². The van der Waals surface area contributed by atoms with Crippen molar-refractivity contribution in [1.82, 2.24) is 0 Å². The quantitative estimate of drug-likeness (QED) is 0.345. The first-order valence-corrected chi connectivity index (χ1v) is 11.2. The van der Waals surface area contributed by atoms with Crippen molar-refractivity contribution in [3.63, 3.8) is 0 Å². The van der Waals surface area contributed by atoms with Crippen LogP contribution >= 0.6 is 0 Å². The Morgan fingerprint density at radius 2 is 1.71 bits per heavy atom. The molecule has 0 amide bonds. The molecule has 2 aliphatic carbocycles. The van der Waals surface area contributed by atoms with Gasteiger partial charge < -0.3 is 0 Å². The molecule has 4 nitrogen and oxygen atoms in total. The summed E-state index contributed by atoms with van der Waals surface area (Å²) in [5, 5.41) is 0. The summed E-state index contributed by atoms with van der Waals surface area (Å²) in [6.07, 6.45) is 10.7. The van der Waals surface area contributed by atoms with Crippen LogP contribution in [0, 0.1) is 10.8 Å². The van der Waals surface area contributed by atoms with Gasteiger partial charge in [-0.25, -0.2) is 0 Å². The van der Waals surface area contributed by atoms with Gasteiger partial charge in [0, 0.05) is 35.8 Å². The molecule has 0 radical (unpaired) electrons. The number of Topliss-reactive ketones (excluding diaryl/α,β-unsaturated/α-hetero) is 3. The Balaban J connectivity index is 2.02. The second-order valence-electron chi connectivity index (χ2n) is 10.0. The number of carbonyl (C=O) groups is 4. The average molecular weight is 425 g/mol. The van der Waals surface area contributed by atoms with Crippen LogP contribution in [0.15, 0.2) is 46.6 Å². The summed E-state index contributed by atoms with van der Waals surface area (Å²) >= 11 is 0. The Morgan fingerprint density at radius 1 is 1.03 bits per heavy atom. The molecule has 2 rings (SSSR count). The van der Waals surface area contributed by atoms with Gasteiger partial charge in [0.25, 0.3) is 0 Å². The molecule has 0 bridgehead atoms. The van der Waals surface area contributed by atoms with E-state index in [2.05, 4.69) is 6.92 Å². The largest absolute Gasteiger partial charge is 0.299 e. The molecular formula is C27H36O4. The Labute approximate surface area is 186 Å². The molecular weight excluding hydrogens is 388 g/mol. The summed E-state index contributed by atoms with van der Waals surface area (Å²) in [7, 11) is 0. The zero-order valence-corrected chi connectivity index (χ0v) is 19.9. The van der Waals surface area contributed by atoms with E-state index in [9.17, 15) is 19.2 Å². The first-order valence-electron chi connectivity index (χ1n) is 11.2. The Hall–Kier alpha value is -2.36. The van der Waals surface area contributed by atoms with Gasteiger partial charge in [0.05, 0.1) is 0 Å². The van der Waals surface area contributed by atoms with Gasteiger partial charge in [-0.3, -0.25) is 19.2 Å². The summed E-state index contributed by atoms with van der Waals surface area (Å²) in [5.74, 6) is 0.0691. The summed E-state index contributed by atoms with van der Waals surface area (Å²) in [5.41, 5.74) is 2.14. The topological polar surface area (TPSA) is 68.3 Å². The molecule has 4 heteroatoms. The fourth-order valence-electron chi connectivity index (χ4n) is 4.82. The third-order valence-corrected chi connectivity index (χ3v) is 7.11. The Bertz CT molecular complexity index is 908. The molecule has 0 aromatic carbocycles. The molecule has 168 valence electrons. The summed E-state index contributed by atoms with van der Waals surface area (Å²) in [4.78, 5) is 49.8. The predicted molar refractivity (Wildman–Crippen MR) is 124 cm³/mol. The van der Waals surface area contributed by atoms with Crippen LogP contribution in [0.5, 0.6) is 0 Å². The average Bonchev–Trinajstić information content (AvgIpc) is 2.96. The molecule has 0 saturated heterocycles. The molecule has 2 aliphatic rings. The van der Waals surface area contributed by atoms with Gasteiger partial charge in [0.2, 0.25) is 0 Å². The molecule has 0 spiro atoms. The minimum absolute atomic E-state index is 0.112. The van der Waals surface area contributed by atoms with E-state index >= 15 is 0 Å². The van der Waals surface area contributed by atoms with Crippen molar-refractivity contribution in [2.45, 2.75) is 86.5 Å². The SMILES string of the molecule is CC(C)=CCC(=O)C1(C)CCCC1(C)CC(=O)CC(C)=CCC1=CC(=O)C=C(C)C1=O. The zero-order chi connectivity index (χ0) is 23.4. The molecule has 31 heavy (non-hydrogen) atoms. The van der Waals surface area contributed by atoms with Gasteiger partial charge in [0.15, 0.2) is 11.6 Å². The molecule has 1 fully saturated rings. The highest BCUT2D eigenvalue weighted by Gasteiger charge is 2.52. The van der Waals surface area contributed by atoms with E-state index in [4.69, 9.17) is 0 Å². The number of hydrogen-bond donors (Lipinski definition) is 0. The highest BCUT2D eigenvalue weighted by Crippen LogP contribution is 2.56. The summed E-state index contributed by atoms with van der Waals surface area (Å²) in [6.45, 7) is 11.6. The van der Waals surface area contributed by atoms with Gasteiger partial charge in [-0.05, 0) is 64.5 Å². The number of allylic oxidation sites excluding steroid dienone is 8. The van der Waals surface area contributed by atoms with E-state index < -0.39 is 5.41 Å². The van der Waals surface area contributed by atoms with Crippen molar-refractivity contribution in [2.75, 3.05) is 0 Å². The van der Waals surface area contributed by atoms with E-state index in [1.54, 1.807) is 6.92 Å². The van der Waals surface area contributed by atoms with E-state index in [1.165, 1.54) is 12.2 Å².